The van der Waals surface area contributed by atoms with Gasteiger partial charge in [0.15, 0.2) is 11.5 Å². The molecule has 0 saturated heterocycles. The van der Waals surface area contributed by atoms with E-state index in [0.29, 0.717) is 29.3 Å². The molecule has 1 aromatic rings. The van der Waals surface area contributed by atoms with E-state index in [9.17, 15) is 14.9 Å². The molecule has 1 aliphatic heterocycles. The quantitative estimate of drug-likeness (QED) is 0.261. The first-order chi connectivity index (χ1) is 15.3. The van der Waals surface area contributed by atoms with Crippen molar-refractivity contribution in [1.82, 2.24) is 4.90 Å². The topological polar surface area (TPSA) is 79.6 Å². The zero-order chi connectivity index (χ0) is 23.7. The van der Waals surface area contributed by atoms with Crippen LogP contribution < -0.4 is 9.47 Å². The molecule has 0 aromatic heterocycles. The van der Waals surface area contributed by atoms with Crippen molar-refractivity contribution in [3.8, 4) is 17.6 Å². The smallest absolute Gasteiger partial charge is 0.271 e. The van der Waals surface area contributed by atoms with Crippen LogP contribution in [0.2, 0.25) is 0 Å². The molecular weight excluding hydrogens is 404 g/mol. The third-order valence-corrected chi connectivity index (χ3v) is 5.54. The van der Waals surface area contributed by atoms with Crippen molar-refractivity contribution >= 4 is 17.9 Å². The number of unbranched alkanes of at least 4 members (excludes halogenated alkanes) is 5. The van der Waals surface area contributed by atoms with Crippen LogP contribution in [0.1, 0.15) is 71.8 Å². The SMILES string of the molecule is CCCCCCCCOc1ccc(/C=C2/C(=O)N(C(C)C)C(=O)C(C#N)=C2C)cc1OC. The van der Waals surface area contributed by atoms with Crippen molar-refractivity contribution < 1.29 is 19.1 Å². The summed E-state index contributed by atoms with van der Waals surface area (Å²) in [5.74, 6) is 0.289. The highest BCUT2D eigenvalue weighted by Gasteiger charge is 2.36. The normalized spacial score (nSPS) is 15.5. The summed E-state index contributed by atoms with van der Waals surface area (Å²) < 4.78 is 11.4. The summed E-state index contributed by atoms with van der Waals surface area (Å²) in [6.45, 7) is 7.97. The third kappa shape index (κ3) is 6.00. The van der Waals surface area contributed by atoms with Gasteiger partial charge in [-0.1, -0.05) is 45.1 Å². The lowest BCUT2D eigenvalue weighted by Crippen LogP contribution is -2.46. The molecule has 0 N–H and O–H groups in total. The highest BCUT2D eigenvalue weighted by molar-refractivity contribution is 6.19. The van der Waals surface area contributed by atoms with Crippen LogP contribution in [0.5, 0.6) is 11.5 Å². The van der Waals surface area contributed by atoms with Gasteiger partial charge in [0.05, 0.1) is 13.7 Å². The molecule has 32 heavy (non-hydrogen) atoms. The van der Waals surface area contributed by atoms with E-state index in [1.54, 1.807) is 40.0 Å². The van der Waals surface area contributed by atoms with E-state index >= 15 is 0 Å². The summed E-state index contributed by atoms with van der Waals surface area (Å²) in [7, 11) is 1.58. The Morgan fingerprint density at radius 3 is 2.38 bits per heavy atom. The summed E-state index contributed by atoms with van der Waals surface area (Å²) in [5.41, 5.74) is 1.45. The van der Waals surface area contributed by atoms with Gasteiger partial charge in [-0.05, 0) is 56.5 Å². The van der Waals surface area contributed by atoms with Crippen molar-refractivity contribution in [2.75, 3.05) is 13.7 Å². The summed E-state index contributed by atoms with van der Waals surface area (Å²) in [6, 6.07) is 7.07. The fourth-order valence-electron chi connectivity index (χ4n) is 3.69. The zero-order valence-electron chi connectivity index (χ0n) is 19.9. The number of carbonyl (C=O) groups excluding carboxylic acids is 2. The molecule has 1 aliphatic rings. The van der Waals surface area contributed by atoms with Crippen molar-refractivity contribution in [3.05, 3.63) is 40.5 Å². The molecule has 172 valence electrons. The molecule has 0 atom stereocenters. The van der Waals surface area contributed by atoms with Gasteiger partial charge in [0.25, 0.3) is 11.8 Å². The molecule has 6 nitrogen and oxygen atoms in total. The van der Waals surface area contributed by atoms with Crippen LogP contribution in [0.3, 0.4) is 0 Å². The van der Waals surface area contributed by atoms with E-state index in [-0.39, 0.29) is 11.6 Å². The van der Waals surface area contributed by atoms with Crippen LogP contribution in [0.15, 0.2) is 34.9 Å². The number of hydrogen-bond donors (Lipinski definition) is 0. The number of benzene rings is 1. The van der Waals surface area contributed by atoms with Crippen molar-refractivity contribution in [3.63, 3.8) is 0 Å². The van der Waals surface area contributed by atoms with Gasteiger partial charge in [0.2, 0.25) is 0 Å². The van der Waals surface area contributed by atoms with Gasteiger partial charge >= 0.3 is 0 Å². The monoisotopic (exact) mass is 438 g/mol. The number of carbonyl (C=O) groups is 2. The molecule has 0 unspecified atom stereocenters. The van der Waals surface area contributed by atoms with Crippen molar-refractivity contribution in [1.29, 1.82) is 5.26 Å². The average Bonchev–Trinajstić information content (AvgIpc) is 2.76. The van der Waals surface area contributed by atoms with Crippen LogP contribution in [0.4, 0.5) is 0 Å². The largest absolute Gasteiger partial charge is 0.493 e. The number of methoxy groups -OCH3 is 1. The Morgan fingerprint density at radius 1 is 1.06 bits per heavy atom. The number of nitriles is 1. The fourth-order valence-corrected chi connectivity index (χ4v) is 3.69. The Morgan fingerprint density at radius 2 is 1.75 bits per heavy atom. The highest BCUT2D eigenvalue weighted by atomic mass is 16.5. The van der Waals surface area contributed by atoms with E-state index in [2.05, 4.69) is 6.92 Å². The molecule has 1 heterocycles. The molecule has 0 radical (unpaired) electrons. The first-order valence-corrected chi connectivity index (χ1v) is 11.4. The first kappa shape index (κ1) is 25.2. The second kappa shape index (κ2) is 12.1. The van der Waals surface area contributed by atoms with Gasteiger partial charge in [-0.15, -0.1) is 0 Å². The number of amides is 2. The van der Waals surface area contributed by atoms with Gasteiger partial charge in [-0.3, -0.25) is 14.5 Å². The molecular formula is C26H34N2O4. The zero-order valence-corrected chi connectivity index (χ0v) is 19.9. The van der Waals surface area contributed by atoms with Gasteiger partial charge in [-0.2, -0.15) is 5.26 Å². The average molecular weight is 439 g/mol. The molecule has 2 amide bonds. The highest BCUT2D eigenvalue weighted by Crippen LogP contribution is 2.32. The maximum Gasteiger partial charge on any atom is 0.271 e. The lowest BCUT2D eigenvalue weighted by molar-refractivity contribution is -0.142. The van der Waals surface area contributed by atoms with Gasteiger partial charge in [0, 0.05) is 11.6 Å². The first-order valence-electron chi connectivity index (χ1n) is 11.4. The number of hydrogen-bond acceptors (Lipinski definition) is 5. The molecule has 0 bridgehead atoms. The maximum absolute atomic E-state index is 13.0. The molecule has 0 saturated carbocycles. The van der Waals surface area contributed by atoms with Gasteiger partial charge in [0.1, 0.15) is 11.6 Å². The number of imide groups is 1. The molecule has 6 heteroatoms. The molecule has 0 aliphatic carbocycles. The second-order valence-electron chi connectivity index (χ2n) is 8.27. The summed E-state index contributed by atoms with van der Waals surface area (Å²) in [6.07, 6.45) is 8.84. The van der Waals surface area contributed by atoms with E-state index in [4.69, 9.17) is 9.47 Å². The van der Waals surface area contributed by atoms with Crippen LogP contribution in [-0.2, 0) is 9.59 Å². The summed E-state index contributed by atoms with van der Waals surface area (Å²) >= 11 is 0. The predicted molar refractivity (Wildman–Crippen MR) is 125 cm³/mol. The van der Waals surface area contributed by atoms with Crippen molar-refractivity contribution in [2.24, 2.45) is 0 Å². The minimum Gasteiger partial charge on any atom is -0.493 e. The lowest BCUT2D eigenvalue weighted by atomic mass is 9.93. The molecule has 0 spiro atoms. The van der Waals surface area contributed by atoms with Crippen LogP contribution in [0.25, 0.3) is 6.08 Å². The van der Waals surface area contributed by atoms with E-state index in [1.165, 1.54) is 25.7 Å². The molecule has 2 rings (SSSR count). The summed E-state index contributed by atoms with van der Waals surface area (Å²) in [5, 5.41) is 9.45. The van der Waals surface area contributed by atoms with Gasteiger partial charge in [-0.25, -0.2) is 0 Å². The lowest BCUT2D eigenvalue weighted by Gasteiger charge is -2.30. The van der Waals surface area contributed by atoms with E-state index in [0.717, 1.165) is 23.3 Å². The molecule has 1 aromatic carbocycles. The fraction of sp³-hybridized carbons (Fsp3) is 0.500. The van der Waals surface area contributed by atoms with Crippen molar-refractivity contribution in [2.45, 2.75) is 72.3 Å². The Hall–Kier alpha value is -3.07. The minimum absolute atomic E-state index is 0.00425. The number of ether oxygens (including phenoxy) is 2. The third-order valence-electron chi connectivity index (χ3n) is 5.54. The predicted octanol–water partition coefficient (Wildman–Crippen LogP) is 5.44. The Bertz CT molecular complexity index is 938. The Kier molecular flexibility index (Phi) is 9.52. The Labute approximate surface area is 191 Å². The van der Waals surface area contributed by atoms with Gasteiger partial charge < -0.3 is 9.47 Å². The van der Waals surface area contributed by atoms with Crippen LogP contribution in [0, 0.1) is 11.3 Å². The van der Waals surface area contributed by atoms with Crippen LogP contribution in [-0.4, -0.2) is 36.5 Å². The maximum atomic E-state index is 13.0. The number of nitrogens with zero attached hydrogens (tertiary/aromatic N) is 2. The second-order valence-corrected chi connectivity index (χ2v) is 8.27. The Balaban J connectivity index is 2.21. The van der Waals surface area contributed by atoms with E-state index < -0.39 is 11.8 Å². The minimum atomic E-state index is -0.543. The summed E-state index contributed by atoms with van der Waals surface area (Å²) in [4.78, 5) is 26.6. The standard InChI is InChI=1S/C26H34N2O4/c1-6-7-8-9-10-11-14-32-23-13-12-20(16-24(23)31-5)15-21-19(4)22(17-27)26(30)28(18(2)3)25(21)29/h12-13,15-16,18H,6-11,14H2,1-5H3/b21-15+. The van der Waals surface area contributed by atoms with Crippen LogP contribution >= 0.6 is 0 Å². The van der Waals surface area contributed by atoms with E-state index in [1.807, 2.05) is 18.2 Å². The number of rotatable bonds is 11. The molecule has 0 fully saturated rings.